The van der Waals surface area contributed by atoms with Crippen molar-refractivity contribution in [1.29, 1.82) is 0 Å². The van der Waals surface area contributed by atoms with Gasteiger partial charge in [-0.3, -0.25) is 4.79 Å². The molecule has 0 bridgehead atoms. The highest BCUT2D eigenvalue weighted by molar-refractivity contribution is 5.73. The molecule has 82 valence electrons. The number of nitrogens with two attached hydrogens (primary N) is 1. The first-order valence-electron chi connectivity index (χ1n) is 5.11. The van der Waals surface area contributed by atoms with E-state index in [4.69, 9.17) is 10.8 Å². The van der Waals surface area contributed by atoms with Gasteiger partial charge in [-0.1, -0.05) is 25.1 Å². The Kier molecular flexibility index (Phi) is 3.86. The summed E-state index contributed by atoms with van der Waals surface area (Å²) in [5.74, 6) is -0.948. The fourth-order valence-electron chi connectivity index (χ4n) is 1.49. The summed E-state index contributed by atoms with van der Waals surface area (Å²) in [5, 5.41) is 8.74. The van der Waals surface area contributed by atoms with Crippen molar-refractivity contribution >= 4 is 5.97 Å². The van der Waals surface area contributed by atoms with E-state index in [1.54, 1.807) is 0 Å². The maximum absolute atomic E-state index is 10.6. The van der Waals surface area contributed by atoms with Gasteiger partial charge >= 0.3 is 5.97 Å². The molecule has 0 heterocycles. The number of hydrogen-bond acceptors (Lipinski definition) is 2. The molecular formula is C12H17NO2. The van der Waals surface area contributed by atoms with Crippen molar-refractivity contribution in [1.82, 2.24) is 0 Å². The minimum Gasteiger partial charge on any atom is -0.480 e. The first-order chi connectivity index (χ1) is 7.04. The van der Waals surface area contributed by atoms with Crippen LogP contribution in [0.1, 0.15) is 23.6 Å². The van der Waals surface area contributed by atoms with Crippen molar-refractivity contribution in [3.63, 3.8) is 0 Å². The largest absolute Gasteiger partial charge is 0.480 e. The second-order valence-corrected chi connectivity index (χ2v) is 3.76. The third kappa shape index (κ3) is 3.06. The molecule has 3 N–H and O–H groups in total. The summed E-state index contributed by atoms with van der Waals surface area (Å²) in [6.07, 6.45) is 1.35. The number of hydrogen-bond donors (Lipinski definition) is 2. The number of rotatable bonds is 4. The highest BCUT2D eigenvalue weighted by atomic mass is 16.4. The molecule has 0 radical (unpaired) electrons. The van der Waals surface area contributed by atoms with Gasteiger partial charge < -0.3 is 10.8 Å². The molecule has 0 aromatic heterocycles. The number of aliphatic carboxylic acids is 1. The van der Waals surface area contributed by atoms with Gasteiger partial charge in [0.05, 0.1) is 0 Å². The first-order valence-corrected chi connectivity index (χ1v) is 5.11. The monoisotopic (exact) mass is 207 g/mol. The van der Waals surface area contributed by atoms with Gasteiger partial charge in [-0.2, -0.15) is 0 Å². The Balaban J connectivity index is 2.88. The van der Waals surface area contributed by atoms with Gasteiger partial charge in [-0.15, -0.1) is 0 Å². The molecular weight excluding hydrogens is 190 g/mol. The van der Waals surface area contributed by atoms with Crippen LogP contribution >= 0.6 is 0 Å². The molecule has 1 unspecified atom stereocenters. The van der Waals surface area contributed by atoms with Crippen LogP contribution in [-0.4, -0.2) is 17.1 Å². The predicted molar refractivity (Wildman–Crippen MR) is 59.9 cm³/mol. The van der Waals surface area contributed by atoms with Crippen molar-refractivity contribution in [2.45, 2.75) is 32.7 Å². The second-order valence-electron chi connectivity index (χ2n) is 3.76. The van der Waals surface area contributed by atoms with Gasteiger partial charge in [0, 0.05) is 0 Å². The van der Waals surface area contributed by atoms with Gasteiger partial charge in [0.1, 0.15) is 6.04 Å². The average Bonchev–Trinajstić information content (AvgIpc) is 2.21. The van der Waals surface area contributed by atoms with E-state index < -0.39 is 12.0 Å². The summed E-state index contributed by atoms with van der Waals surface area (Å²) in [6.45, 7) is 4.05. The topological polar surface area (TPSA) is 63.3 Å². The van der Waals surface area contributed by atoms with E-state index >= 15 is 0 Å². The van der Waals surface area contributed by atoms with Crippen LogP contribution in [0.5, 0.6) is 0 Å². The molecule has 0 aliphatic rings. The maximum atomic E-state index is 10.6. The van der Waals surface area contributed by atoms with Gasteiger partial charge in [-0.05, 0) is 36.5 Å². The minimum atomic E-state index is -0.948. The molecule has 0 aliphatic carbocycles. The molecule has 0 spiro atoms. The fourth-order valence-corrected chi connectivity index (χ4v) is 1.49. The average molecular weight is 207 g/mol. The van der Waals surface area contributed by atoms with Gasteiger partial charge in [-0.25, -0.2) is 0 Å². The zero-order valence-corrected chi connectivity index (χ0v) is 9.16. The van der Waals surface area contributed by atoms with Crippen LogP contribution in [0.15, 0.2) is 18.2 Å². The van der Waals surface area contributed by atoms with Crippen LogP contribution in [0.25, 0.3) is 0 Å². The predicted octanol–water partition coefficient (Wildman–Crippen LogP) is 1.51. The molecule has 0 saturated carbocycles. The highest BCUT2D eigenvalue weighted by Crippen LogP contribution is 2.13. The molecule has 1 atom stereocenters. The van der Waals surface area contributed by atoms with Crippen molar-refractivity contribution in [3.8, 4) is 0 Å². The first kappa shape index (κ1) is 11.7. The molecule has 0 aliphatic heterocycles. The van der Waals surface area contributed by atoms with E-state index in [2.05, 4.69) is 13.0 Å². The number of aryl methyl sites for hydroxylation is 2. The van der Waals surface area contributed by atoms with Crippen molar-refractivity contribution < 1.29 is 9.90 Å². The Hall–Kier alpha value is -1.35. The van der Waals surface area contributed by atoms with Crippen LogP contribution in [0, 0.1) is 6.92 Å². The summed E-state index contributed by atoms with van der Waals surface area (Å²) in [7, 11) is 0. The lowest BCUT2D eigenvalue weighted by Gasteiger charge is -2.10. The second kappa shape index (κ2) is 4.94. The normalized spacial score (nSPS) is 12.5. The third-order valence-electron chi connectivity index (χ3n) is 2.58. The molecule has 1 aromatic rings. The van der Waals surface area contributed by atoms with Crippen LogP contribution in [0.3, 0.4) is 0 Å². The minimum absolute atomic E-state index is 0.398. The smallest absolute Gasteiger partial charge is 0.320 e. The van der Waals surface area contributed by atoms with Crippen LogP contribution in [0.2, 0.25) is 0 Å². The summed E-state index contributed by atoms with van der Waals surface area (Å²) < 4.78 is 0. The number of benzene rings is 1. The van der Waals surface area contributed by atoms with E-state index in [0.29, 0.717) is 6.42 Å². The Bertz CT molecular complexity index is 361. The third-order valence-corrected chi connectivity index (χ3v) is 2.58. The zero-order chi connectivity index (χ0) is 11.4. The highest BCUT2D eigenvalue weighted by Gasteiger charge is 2.13. The van der Waals surface area contributed by atoms with Gasteiger partial charge in [0.2, 0.25) is 0 Å². The van der Waals surface area contributed by atoms with Crippen molar-refractivity contribution in [2.75, 3.05) is 0 Å². The fraction of sp³-hybridized carbons (Fsp3) is 0.417. The summed E-state index contributed by atoms with van der Waals surface area (Å²) >= 11 is 0. The summed E-state index contributed by atoms with van der Waals surface area (Å²) in [5.41, 5.74) is 8.86. The quantitative estimate of drug-likeness (QED) is 0.786. The SMILES string of the molecule is CCc1ccc(C)c(CC(N)C(=O)O)c1. The molecule has 3 heteroatoms. The molecule has 1 aromatic carbocycles. The van der Waals surface area contributed by atoms with Crippen LogP contribution < -0.4 is 5.73 Å². The lowest BCUT2D eigenvalue weighted by molar-refractivity contribution is -0.138. The van der Waals surface area contributed by atoms with Crippen LogP contribution in [0.4, 0.5) is 0 Å². The lowest BCUT2D eigenvalue weighted by atomic mass is 9.98. The Morgan fingerprint density at radius 3 is 2.73 bits per heavy atom. The van der Waals surface area contributed by atoms with E-state index in [9.17, 15) is 4.79 Å². The van der Waals surface area contributed by atoms with Crippen LogP contribution in [-0.2, 0) is 17.6 Å². The molecule has 0 saturated heterocycles. The number of carboxylic acid groups (broad SMARTS) is 1. The molecule has 1 rings (SSSR count). The van der Waals surface area contributed by atoms with Crippen molar-refractivity contribution in [3.05, 3.63) is 34.9 Å². The van der Waals surface area contributed by atoms with E-state index in [1.165, 1.54) is 5.56 Å². The summed E-state index contributed by atoms with van der Waals surface area (Å²) in [4.78, 5) is 10.6. The van der Waals surface area contributed by atoms with Gasteiger partial charge in [0.25, 0.3) is 0 Å². The lowest BCUT2D eigenvalue weighted by Crippen LogP contribution is -2.32. The Morgan fingerprint density at radius 2 is 2.20 bits per heavy atom. The van der Waals surface area contributed by atoms with Gasteiger partial charge in [0.15, 0.2) is 0 Å². The molecule has 15 heavy (non-hydrogen) atoms. The standard InChI is InChI=1S/C12H17NO2/c1-3-9-5-4-8(2)10(6-9)7-11(13)12(14)15/h4-6,11H,3,7,13H2,1-2H3,(H,14,15). The molecule has 0 fully saturated rings. The van der Waals surface area contributed by atoms with E-state index in [1.807, 2.05) is 19.1 Å². The Labute approximate surface area is 89.9 Å². The number of carbonyl (C=O) groups is 1. The maximum Gasteiger partial charge on any atom is 0.320 e. The zero-order valence-electron chi connectivity index (χ0n) is 9.16. The number of carboxylic acids is 1. The van der Waals surface area contributed by atoms with E-state index in [-0.39, 0.29) is 0 Å². The Morgan fingerprint density at radius 1 is 1.53 bits per heavy atom. The summed E-state index contributed by atoms with van der Waals surface area (Å²) in [6, 6.07) is 5.31. The molecule has 0 amide bonds. The molecule has 3 nitrogen and oxygen atoms in total. The van der Waals surface area contributed by atoms with Crippen molar-refractivity contribution in [2.24, 2.45) is 5.73 Å². The van der Waals surface area contributed by atoms with E-state index in [0.717, 1.165) is 17.5 Å².